The molecule has 0 radical (unpaired) electrons. The van der Waals surface area contributed by atoms with Crippen LogP contribution in [0.5, 0.6) is 0 Å². The summed E-state index contributed by atoms with van der Waals surface area (Å²) in [4.78, 5) is 0.314. The van der Waals surface area contributed by atoms with E-state index < -0.39 is 10.0 Å². The fraction of sp³-hybridized carbons (Fsp3) is 0.600. The van der Waals surface area contributed by atoms with Crippen LogP contribution in [0.15, 0.2) is 29.2 Å². The van der Waals surface area contributed by atoms with Gasteiger partial charge in [-0.2, -0.15) is 4.31 Å². The monoisotopic (exact) mass is 314 g/mol. The number of likely N-dealkylation sites (N-methyl/N-ethyl adjacent to an activating group) is 1. The SMILES string of the molecule is CCCNc1ccc(S(=O)(=O)N(CC)C(C)COC)cc1. The predicted molar refractivity (Wildman–Crippen MR) is 86.1 cm³/mol. The molecule has 0 aliphatic carbocycles. The summed E-state index contributed by atoms with van der Waals surface area (Å²) in [5, 5.41) is 3.23. The molecule has 0 fully saturated rings. The molecule has 0 aliphatic heterocycles. The van der Waals surface area contributed by atoms with Gasteiger partial charge in [0, 0.05) is 31.9 Å². The van der Waals surface area contributed by atoms with E-state index in [9.17, 15) is 8.42 Å². The van der Waals surface area contributed by atoms with Gasteiger partial charge in [-0.15, -0.1) is 0 Å². The maximum absolute atomic E-state index is 12.7. The Morgan fingerprint density at radius 2 is 1.86 bits per heavy atom. The number of benzene rings is 1. The first-order valence-electron chi connectivity index (χ1n) is 7.32. The molecule has 0 saturated carbocycles. The summed E-state index contributed by atoms with van der Waals surface area (Å²) in [5.41, 5.74) is 0.934. The van der Waals surface area contributed by atoms with Crippen molar-refractivity contribution in [2.45, 2.75) is 38.1 Å². The first-order valence-corrected chi connectivity index (χ1v) is 8.76. The fourth-order valence-electron chi connectivity index (χ4n) is 2.19. The summed E-state index contributed by atoms with van der Waals surface area (Å²) >= 11 is 0. The van der Waals surface area contributed by atoms with E-state index in [0.717, 1.165) is 18.7 Å². The molecule has 1 aromatic carbocycles. The molecule has 5 nitrogen and oxygen atoms in total. The standard InChI is InChI=1S/C15H26N2O3S/c1-5-11-16-14-7-9-15(10-8-14)21(18,19)17(6-2)13(3)12-20-4/h7-10,13,16H,5-6,11-12H2,1-4H3. The molecule has 1 aromatic rings. The molecule has 1 N–H and O–H groups in total. The Morgan fingerprint density at radius 3 is 2.33 bits per heavy atom. The molecule has 0 aliphatic rings. The van der Waals surface area contributed by atoms with Crippen LogP contribution < -0.4 is 5.32 Å². The Balaban J connectivity index is 2.95. The number of nitrogens with zero attached hydrogens (tertiary/aromatic N) is 1. The number of ether oxygens (including phenoxy) is 1. The first-order chi connectivity index (χ1) is 9.97. The summed E-state index contributed by atoms with van der Waals surface area (Å²) in [5.74, 6) is 0. The lowest BCUT2D eigenvalue weighted by molar-refractivity contribution is 0.142. The van der Waals surface area contributed by atoms with Crippen molar-refractivity contribution in [3.8, 4) is 0 Å². The van der Waals surface area contributed by atoms with Gasteiger partial charge in [0.2, 0.25) is 10.0 Å². The number of sulfonamides is 1. The Labute approximate surface area is 128 Å². The first kappa shape index (κ1) is 17.9. The van der Waals surface area contributed by atoms with Crippen molar-refractivity contribution in [1.29, 1.82) is 0 Å². The van der Waals surface area contributed by atoms with Gasteiger partial charge in [0.05, 0.1) is 11.5 Å². The number of rotatable bonds is 9. The number of nitrogens with one attached hydrogen (secondary N) is 1. The lowest BCUT2D eigenvalue weighted by Gasteiger charge is -2.26. The molecule has 21 heavy (non-hydrogen) atoms. The average molecular weight is 314 g/mol. The van der Waals surface area contributed by atoms with E-state index in [4.69, 9.17) is 4.74 Å². The highest BCUT2D eigenvalue weighted by molar-refractivity contribution is 7.89. The van der Waals surface area contributed by atoms with Gasteiger partial charge in [0.1, 0.15) is 0 Å². The van der Waals surface area contributed by atoms with E-state index in [2.05, 4.69) is 12.2 Å². The zero-order valence-electron chi connectivity index (χ0n) is 13.3. The van der Waals surface area contributed by atoms with Crippen LogP contribution in [0.2, 0.25) is 0 Å². The van der Waals surface area contributed by atoms with E-state index in [1.165, 1.54) is 4.31 Å². The van der Waals surface area contributed by atoms with Crippen molar-refractivity contribution in [1.82, 2.24) is 4.31 Å². The highest BCUT2D eigenvalue weighted by atomic mass is 32.2. The van der Waals surface area contributed by atoms with Gasteiger partial charge in [-0.05, 0) is 37.6 Å². The number of hydrogen-bond donors (Lipinski definition) is 1. The number of hydrogen-bond acceptors (Lipinski definition) is 4. The third-order valence-electron chi connectivity index (χ3n) is 3.25. The number of anilines is 1. The molecule has 6 heteroatoms. The molecule has 1 rings (SSSR count). The topological polar surface area (TPSA) is 58.6 Å². The van der Waals surface area contributed by atoms with Crippen molar-refractivity contribution in [2.24, 2.45) is 0 Å². The summed E-state index contributed by atoms with van der Waals surface area (Å²) in [7, 11) is -1.91. The summed E-state index contributed by atoms with van der Waals surface area (Å²) < 4.78 is 31.8. The third-order valence-corrected chi connectivity index (χ3v) is 5.35. The Kier molecular flexibility index (Phi) is 7.14. The highest BCUT2D eigenvalue weighted by Gasteiger charge is 2.27. The Hall–Kier alpha value is -1.11. The second kappa shape index (κ2) is 8.36. The quantitative estimate of drug-likeness (QED) is 0.761. The van der Waals surface area contributed by atoms with Gasteiger partial charge in [0.25, 0.3) is 0 Å². The third kappa shape index (κ3) is 4.69. The molecule has 0 heterocycles. The van der Waals surface area contributed by atoms with Crippen molar-refractivity contribution in [3.63, 3.8) is 0 Å². The minimum atomic E-state index is -3.48. The maximum atomic E-state index is 12.7. The van der Waals surface area contributed by atoms with Crippen LogP contribution in [0.3, 0.4) is 0 Å². The van der Waals surface area contributed by atoms with Gasteiger partial charge >= 0.3 is 0 Å². The lowest BCUT2D eigenvalue weighted by Crippen LogP contribution is -2.40. The van der Waals surface area contributed by atoms with Gasteiger partial charge in [-0.1, -0.05) is 13.8 Å². The Bertz CT molecular complexity index is 514. The van der Waals surface area contributed by atoms with Crippen molar-refractivity contribution in [2.75, 3.05) is 32.1 Å². The van der Waals surface area contributed by atoms with Crippen LogP contribution >= 0.6 is 0 Å². The molecule has 0 amide bonds. The number of methoxy groups -OCH3 is 1. The normalized spacial score (nSPS) is 13.4. The summed E-state index contributed by atoms with van der Waals surface area (Å²) in [6.45, 7) is 7.44. The predicted octanol–water partition coefficient (Wildman–Crippen LogP) is 2.55. The maximum Gasteiger partial charge on any atom is 0.243 e. The van der Waals surface area contributed by atoms with Gasteiger partial charge in [0.15, 0.2) is 0 Å². The molecule has 120 valence electrons. The molecule has 1 unspecified atom stereocenters. The molecular weight excluding hydrogens is 288 g/mol. The van der Waals surface area contributed by atoms with Crippen molar-refractivity contribution >= 4 is 15.7 Å². The molecule has 0 aromatic heterocycles. The van der Waals surface area contributed by atoms with Crippen LogP contribution in [-0.4, -0.2) is 45.6 Å². The van der Waals surface area contributed by atoms with Crippen LogP contribution in [0.1, 0.15) is 27.2 Å². The molecule has 0 saturated heterocycles. The lowest BCUT2D eigenvalue weighted by atomic mass is 10.3. The molecular formula is C15H26N2O3S. The van der Waals surface area contributed by atoms with E-state index in [0.29, 0.717) is 18.0 Å². The summed E-state index contributed by atoms with van der Waals surface area (Å²) in [6, 6.07) is 6.71. The largest absolute Gasteiger partial charge is 0.385 e. The Morgan fingerprint density at radius 1 is 1.24 bits per heavy atom. The van der Waals surface area contributed by atoms with E-state index in [1.54, 1.807) is 31.4 Å². The van der Waals surface area contributed by atoms with Crippen molar-refractivity contribution in [3.05, 3.63) is 24.3 Å². The second-order valence-corrected chi connectivity index (χ2v) is 6.85. The molecule has 1 atom stereocenters. The van der Waals surface area contributed by atoms with Crippen LogP contribution in [0.4, 0.5) is 5.69 Å². The molecule has 0 bridgehead atoms. The average Bonchev–Trinajstić information content (AvgIpc) is 2.46. The van der Waals surface area contributed by atoms with Gasteiger partial charge < -0.3 is 10.1 Å². The molecule has 0 spiro atoms. The second-order valence-electron chi connectivity index (χ2n) is 4.96. The van der Waals surface area contributed by atoms with E-state index in [1.807, 2.05) is 13.8 Å². The minimum Gasteiger partial charge on any atom is -0.385 e. The van der Waals surface area contributed by atoms with Crippen LogP contribution in [0.25, 0.3) is 0 Å². The minimum absolute atomic E-state index is 0.192. The fourth-order valence-corrected chi connectivity index (χ4v) is 3.82. The van der Waals surface area contributed by atoms with Gasteiger partial charge in [-0.25, -0.2) is 8.42 Å². The van der Waals surface area contributed by atoms with Crippen LogP contribution in [0, 0.1) is 0 Å². The van der Waals surface area contributed by atoms with Crippen molar-refractivity contribution < 1.29 is 13.2 Å². The van der Waals surface area contributed by atoms with E-state index in [-0.39, 0.29) is 6.04 Å². The highest BCUT2D eigenvalue weighted by Crippen LogP contribution is 2.20. The van der Waals surface area contributed by atoms with Crippen LogP contribution in [-0.2, 0) is 14.8 Å². The smallest absolute Gasteiger partial charge is 0.243 e. The summed E-state index contributed by atoms with van der Waals surface area (Å²) in [6.07, 6.45) is 1.03. The van der Waals surface area contributed by atoms with E-state index >= 15 is 0 Å². The zero-order valence-corrected chi connectivity index (χ0v) is 14.1. The van der Waals surface area contributed by atoms with Gasteiger partial charge in [-0.3, -0.25) is 0 Å². The zero-order chi connectivity index (χ0) is 15.9.